The van der Waals surface area contributed by atoms with E-state index in [9.17, 15) is 0 Å². The summed E-state index contributed by atoms with van der Waals surface area (Å²) in [4.78, 5) is 0. The van der Waals surface area contributed by atoms with Crippen LogP contribution in [0.3, 0.4) is 0 Å². The third-order valence-electron chi connectivity index (χ3n) is 1.23. The van der Waals surface area contributed by atoms with Gasteiger partial charge in [0.05, 0.1) is 7.05 Å². The minimum Gasteiger partial charge on any atom is -0.230 e. The molecule has 1 aromatic carbocycles. The number of benzene rings is 1. The molecule has 0 spiro atoms. The van der Waals surface area contributed by atoms with Gasteiger partial charge in [0.25, 0.3) is 0 Å². The van der Waals surface area contributed by atoms with E-state index in [1.807, 2.05) is 37.4 Å². The Hall–Kier alpha value is -0.860. The molecule has 48 valence electrons. The van der Waals surface area contributed by atoms with Crippen molar-refractivity contribution in [3.63, 3.8) is 0 Å². The minimum atomic E-state index is 0.871. The van der Waals surface area contributed by atoms with Gasteiger partial charge in [0.15, 0.2) is 0 Å². The Morgan fingerprint density at radius 3 is 2.11 bits per heavy atom. The topological polar surface area (TPSA) is 30.5 Å². The number of hydrogen-bond donors (Lipinski definition) is 2. The first-order chi connectivity index (χ1) is 4.30. The zero-order chi connectivity index (χ0) is 6.69. The molecule has 2 heteroatoms. The van der Waals surface area contributed by atoms with Crippen molar-refractivity contribution in [2.75, 3.05) is 7.05 Å². The lowest BCUT2D eigenvalue weighted by molar-refractivity contribution is -0.823. The summed E-state index contributed by atoms with van der Waals surface area (Å²) in [6.07, 6.45) is 0. The van der Waals surface area contributed by atoms with Gasteiger partial charge in [-0.3, -0.25) is 0 Å². The van der Waals surface area contributed by atoms with Crippen molar-refractivity contribution >= 4 is 5.69 Å². The lowest BCUT2D eigenvalue weighted by atomic mass is 10.3. The second-order valence-electron chi connectivity index (χ2n) is 2.05. The molecule has 0 saturated carbocycles. The third kappa shape index (κ3) is 1.52. The molecule has 9 heavy (non-hydrogen) atoms. The first-order valence-corrected chi connectivity index (χ1v) is 2.95. The van der Waals surface area contributed by atoms with Gasteiger partial charge in [-0.1, -0.05) is 18.2 Å². The quantitative estimate of drug-likeness (QED) is 0.390. The lowest BCUT2D eigenvalue weighted by Gasteiger charge is -2.02. The van der Waals surface area contributed by atoms with Crippen LogP contribution < -0.4 is 10.9 Å². The van der Waals surface area contributed by atoms with E-state index in [2.05, 4.69) is 0 Å². The van der Waals surface area contributed by atoms with Gasteiger partial charge in [-0.05, 0) is 0 Å². The molecule has 0 bridgehead atoms. The van der Waals surface area contributed by atoms with Gasteiger partial charge in [0, 0.05) is 12.1 Å². The SMILES string of the molecule is C[NH+](N)c1ccccc1. The van der Waals surface area contributed by atoms with Crippen LogP contribution in [0.5, 0.6) is 0 Å². The molecule has 0 aromatic heterocycles. The molecule has 0 radical (unpaired) electrons. The molecule has 1 unspecified atom stereocenters. The molecule has 1 rings (SSSR count). The highest BCUT2D eigenvalue weighted by atomic mass is 15.4. The van der Waals surface area contributed by atoms with Crippen molar-refractivity contribution in [1.82, 2.24) is 0 Å². The second-order valence-corrected chi connectivity index (χ2v) is 2.05. The second kappa shape index (κ2) is 2.62. The zero-order valence-corrected chi connectivity index (χ0v) is 5.46. The molecule has 1 aromatic rings. The predicted octanol–water partition coefficient (Wildman–Crippen LogP) is -0.293. The molecule has 3 N–H and O–H groups in total. The predicted molar refractivity (Wildman–Crippen MR) is 37.2 cm³/mol. The fourth-order valence-electron chi connectivity index (χ4n) is 0.701. The van der Waals surface area contributed by atoms with Gasteiger partial charge >= 0.3 is 0 Å². The van der Waals surface area contributed by atoms with Crippen molar-refractivity contribution in [2.45, 2.75) is 0 Å². The van der Waals surface area contributed by atoms with E-state index in [4.69, 9.17) is 5.84 Å². The Balaban J connectivity index is 2.85. The average Bonchev–Trinajstić information content (AvgIpc) is 1.90. The summed E-state index contributed by atoms with van der Waals surface area (Å²) >= 11 is 0. The molecule has 1 atom stereocenters. The highest BCUT2D eigenvalue weighted by molar-refractivity contribution is 5.27. The van der Waals surface area contributed by atoms with Crippen molar-refractivity contribution in [3.05, 3.63) is 30.3 Å². The fourth-order valence-corrected chi connectivity index (χ4v) is 0.701. The van der Waals surface area contributed by atoms with E-state index < -0.39 is 0 Å². The Labute approximate surface area is 54.9 Å². The summed E-state index contributed by atoms with van der Waals surface area (Å²) in [5.41, 5.74) is 1.11. The van der Waals surface area contributed by atoms with Crippen molar-refractivity contribution in [2.24, 2.45) is 5.84 Å². The number of nitrogen functional groups attached to an aromatic ring is 1. The van der Waals surface area contributed by atoms with Gasteiger partial charge < -0.3 is 0 Å². The van der Waals surface area contributed by atoms with E-state index in [-0.39, 0.29) is 0 Å². The van der Waals surface area contributed by atoms with Gasteiger partial charge in [0.2, 0.25) is 0 Å². The minimum absolute atomic E-state index is 0.871. The molecule has 0 aliphatic rings. The largest absolute Gasteiger partial charge is 0.230 e. The molecular weight excluding hydrogens is 112 g/mol. The molecule has 0 aliphatic heterocycles. The number of hydrogen-bond acceptors (Lipinski definition) is 1. The van der Waals surface area contributed by atoms with Gasteiger partial charge in [-0.2, -0.15) is 5.84 Å². The van der Waals surface area contributed by atoms with Crippen molar-refractivity contribution in [3.8, 4) is 0 Å². The van der Waals surface area contributed by atoms with Crippen LogP contribution in [-0.4, -0.2) is 7.05 Å². The van der Waals surface area contributed by atoms with Gasteiger partial charge in [-0.25, -0.2) is 5.01 Å². The molecule has 2 nitrogen and oxygen atoms in total. The van der Waals surface area contributed by atoms with Crippen LogP contribution in [0.2, 0.25) is 0 Å². The Bertz CT molecular complexity index is 170. The maximum Gasteiger partial charge on any atom is 0.149 e. The van der Waals surface area contributed by atoms with Crippen LogP contribution in [0.1, 0.15) is 0 Å². The smallest absolute Gasteiger partial charge is 0.149 e. The molecule has 0 heterocycles. The maximum absolute atomic E-state index is 5.53. The average molecular weight is 123 g/mol. The van der Waals surface area contributed by atoms with Crippen molar-refractivity contribution < 1.29 is 5.01 Å². The summed E-state index contributed by atoms with van der Waals surface area (Å²) in [5.74, 6) is 5.53. The third-order valence-corrected chi connectivity index (χ3v) is 1.23. The highest BCUT2D eigenvalue weighted by Gasteiger charge is 1.94. The van der Waals surface area contributed by atoms with Crippen molar-refractivity contribution in [1.29, 1.82) is 0 Å². The van der Waals surface area contributed by atoms with E-state index >= 15 is 0 Å². The van der Waals surface area contributed by atoms with E-state index in [0.717, 1.165) is 10.7 Å². The normalized spacial score (nSPS) is 13.1. The molecule has 0 aliphatic carbocycles. The van der Waals surface area contributed by atoms with E-state index in [0.29, 0.717) is 0 Å². The van der Waals surface area contributed by atoms with E-state index in [1.165, 1.54) is 0 Å². The first-order valence-electron chi connectivity index (χ1n) is 2.95. The Kier molecular flexibility index (Phi) is 1.82. The monoisotopic (exact) mass is 123 g/mol. The molecule has 0 saturated heterocycles. The first kappa shape index (κ1) is 6.26. The van der Waals surface area contributed by atoms with Crippen LogP contribution >= 0.6 is 0 Å². The number of quaternary nitrogens is 1. The number of nitrogens with two attached hydrogens (primary N) is 1. The summed E-state index contributed by atoms with van der Waals surface area (Å²) in [6, 6.07) is 9.93. The van der Waals surface area contributed by atoms with Crippen LogP contribution in [-0.2, 0) is 0 Å². The lowest BCUT2D eigenvalue weighted by Crippen LogP contribution is -3.10. The van der Waals surface area contributed by atoms with E-state index in [1.54, 1.807) is 0 Å². The molecule has 0 amide bonds. The number of rotatable bonds is 1. The summed E-state index contributed by atoms with van der Waals surface area (Å²) in [5, 5.41) is 0.871. The fraction of sp³-hybridized carbons (Fsp3) is 0.143. The molecular formula is C7H11N2+. The van der Waals surface area contributed by atoms with Crippen LogP contribution in [0.25, 0.3) is 0 Å². The highest BCUT2D eigenvalue weighted by Crippen LogP contribution is 1.95. The zero-order valence-electron chi connectivity index (χ0n) is 5.46. The summed E-state index contributed by atoms with van der Waals surface area (Å²) in [7, 11) is 1.90. The van der Waals surface area contributed by atoms with Gasteiger partial charge in [0.1, 0.15) is 5.69 Å². The Morgan fingerprint density at radius 2 is 1.78 bits per heavy atom. The Morgan fingerprint density at radius 1 is 1.22 bits per heavy atom. The molecule has 0 fully saturated rings. The van der Waals surface area contributed by atoms with Crippen LogP contribution in [0, 0.1) is 0 Å². The number of nitrogens with one attached hydrogen (secondary N) is 1. The number of para-hydroxylation sites is 1. The maximum atomic E-state index is 5.53. The summed E-state index contributed by atoms with van der Waals surface area (Å²) in [6.45, 7) is 0. The van der Waals surface area contributed by atoms with Crippen LogP contribution in [0.15, 0.2) is 30.3 Å². The standard InChI is InChI=1S/C7H10N2/c1-9(8)7-5-3-2-4-6-7/h2-6H,8H2,1H3/p+1. The van der Waals surface area contributed by atoms with Gasteiger partial charge in [-0.15, -0.1) is 0 Å². The van der Waals surface area contributed by atoms with Crippen LogP contribution in [0.4, 0.5) is 5.69 Å². The summed E-state index contributed by atoms with van der Waals surface area (Å²) < 4.78 is 0.